The molecule has 1 aliphatic heterocycles. The van der Waals surface area contributed by atoms with Gasteiger partial charge in [0.1, 0.15) is 0 Å². The molecular formula is C27H31ClN2O5S2. The average Bonchev–Trinajstić information content (AvgIpc) is 3.15. The quantitative estimate of drug-likeness (QED) is 0.156. The summed E-state index contributed by atoms with van der Waals surface area (Å²) in [5.74, 6) is 0.831. The van der Waals surface area contributed by atoms with Gasteiger partial charge in [0, 0.05) is 11.6 Å². The molecule has 3 rings (SSSR count). The standard InChI is InChI=1S/C27H31ClN2O5S2/c1-4-6-7-8-9-17-35-23-15-10-20(18-24(23)34-3)19-25-26(31)30(16-5-2)27(36-25)29-37(32,33)22-13-11-21(28)12-14-22/h5,10-15,18-19H,2,4,6-9,16-17H2,1,3H3. The lowest BCUT2D eigenvalue weighted by molar-refractivity contribution is -0.121. The van der Waals surface area contributed by atoms with Gasteiger partial charge in [-0.2, -0.15) is 8.42 Å². The predicted molar refractivity (Wildman–Crippen MR) is 151 cm³/mol. The van der Waals surface area contributed by atoms with Gasteiger partial charge >= 0.3 is 0 Å². The molecule has 0 aliphatic carbocycles. The molecule has 1 heterocycles. The van der Waals surface area contributed by atoms with Gasteiger partial charge in [-0.05, 0) is 66.2 Å². The highest BCUT2D eigenvalue weighted by atomic mass is 35.5. The molecule has 2 aromatic rings. The molecule has 0 N–H and O–H groups in total. The Morgan fingerprint density at radius 2 is 1.81 bits per heavy atom. The fourth-order valence-corrected chi connectivity index (χ4v) is 5.88. The highest BCUT2D eigenvalue weighted by molar-refractivity contribution is 8.19. The average molecular weight is 563 g/mol. The Bertz CT molecular complexity index is 1270. The van der Waals surface area contributed by atoms with Gasteiger partial charge in [0.2, 0.25) is 0 Å². The van der Waals surface area contributed by atoms with Gasteiger partial charge in [0.15, 0.2) is 16.7 Å². The van der Waals surface area contributed by atoms with Crippen LogP contribution in [-0.4, -0.2) is 44.7 Å². The summed E-state index contributed by atoms with van der Waals surface area (Å²) < 4.78 is 41.0. The van der Waals surface area contributed by atoms with Crippen molar-refractivity contribution in [1.82, 2.24) is 4.90 Å². The third-order valence-electron chi connectivity index (χ3n) is 5.50. The normalized spacial score (nSPS) is 16.0. The maximum atomic E-state index is 13.1. The zero-order valence-electron chi connectivity index (χ0n) is 21.0. The van der Waals surface area contributed by atoms with Gasteiger partial charge in [-0.3, -0.25) is 9.69 Å². The first-order valence-corrected chi connectivity index (χ1v) is 14.7. The molecule has 198 valence electrons. The van der Waals surface area contributed by atoms with E-state index in [1.807, 2.05) is 12.1 Å². The second kappa shape index (κ2) is 13.7. The topological polar surface area (TPSA) is 85.3 Å². The third-order valence-corrected chi connectivity index (χ3v) is 8.16. The Balaban J connectivity index is 1.80. The highest BCUT2D eigenvalue weighted by Crippen LogP contribution is 2.35. The molecule has 0 spiro atoms. The number of nitrogens with zero attached hydrogens (tertiary/aromatic N) is 2. The van der Waals surface area contributed by atoms with Crippen LogP contribution in [0.3, 0.4) is 0 Å². The second-order valence-corrected chi connectivity index (χ2v) is 11.3. The van der Waals surface area contributed by atoms with E-state index in [9.17, 15) is 13.2 Å². The van der Waals surface area contributed by atoms with Gasteiger partial charge in [-0.1, -0.05) is 56.4 Å². The van der Waals surface area contributed by atoms with E-state index >= 15 is 0 Å². The van der Waals surface area contributed by atoms with E-state index in [0.717, 1.165) is 24.6 Å². The molecule has 1 fully saturated rings. The van der Waals surface area contributed by atoms with Crippen molar-refractivity contribution in [3.05, 3.63) is 70.6 Å². The molecule has 1 amide bonds. The molecule has 1 aliphatic rings. The van der Waals surface area contributed by atoms with Crippen molar-refractivity contribution in [3.63, 3.8) is 0 Å². The number of rotatable bonds is 13. The molecule has 0 unspecified atom stereocenters. The number of halogens is 1. The number of amides is 1. The molecule has 7 nitrogen and oxygen atoms in total. The minimum atomic E-state index is -4.05. The van der Waals surface area contributed by atoms with Gasteiger partial charge in [0.25, 0.3) is 15.9 Å². The fraction of sp³-hybridized carbons (Fsp3) is 0.333. The molecule has 0 aromatic heterocycles. The SMILES string of the molecule is C=CCN1C(=O)C(=Cc2ccc(OCCCCCCC)c(OC)c2)SC1=NS(=O)(=O)c1ccc(Cl)cc1. The molecule has 0 bridgehead atoms. The van der Waals surface area contributed by atoms with Crippen LogP contribution in [0.4, 0.5) is 0 Å². The zero-order chi connectivity index (χ0) is 26.8. The summed E-state index contributed by atoms with van der Waals surface area (Å²) in [5, 5.41) is 0.468. The molecule has 10 heteroatoms. The van der Waals surface area contributed by atoms with Crippen LogP contribution < -0.4 is 9.47 Å². The lowest BCUT2D eigenvalue weighted by Gasteiger charge is -2.12. The van der Waals surface area contributed by atoms with Crippen LogP contribution in [0.2, 0.25) is 5.02 Å². The van der Waals surface area contributed by atoms with E-state index in [-0.39, 0.29) is 22.5 Å². The largest absolute Gasteiger partial charge is 0.493 e. The van der Waals surface area contributed by atoms with Gasteiger partial charge in [0.05, 0.1) is 23.5 Å². The molecule has 37 heavy (non-hydrogen) atoms. The summed E-state index contributed by atoms with van der Waals surface area (Å²) in [5.41, 5.74) is 0.711. The molecule has 0 saturated carbocycles. The van der Waals surface area contributed by atoms with E-state index < -0.39 is 10.0 Å². The number of methoxy groups -OCH3 is 1. The first-order valence-electron chi connectivity index (χ1n) is 12.0. The van der Waals surface area contributed by atoms with Crippen molar-refractivity contribution >= 4 is 50.5 Å². The van der Waals surface area contributed by atoms with Crippen molar-refractivity contribution < 1.29 is 22.7 Å². The first-order chi connectivity index (χ1) is 17.8. The van der Waals surface area contributed by atoms with Gasteiger partial charge in [-0.25, -0.2) is 0 Å². The number of carbonyl (C=O) groups excluding carboxylic acids is 1. The number of thioether (sulfide) groups is 1. The maximum Gasteiger partial charge on any atom is 0.284 e. The third kappa shape index (κ3) is 7.87. The molecule has 0 radical (unpaired) electrons. The second-order valence-electron chi connectivity index (χ2n) is 8.29. The van der Waals surface area contributed by atoms with E-state index in [1.165, 1.54) is 54.5 Å². The summed E-state index contributed by atoms with van der Waals surface area (Å²) in [6.07, 6.45) is 8.92. The Labute approximate surface area is 228 Å². The number of hydrogen-bond acceptors (Lipinski definition) is 6. The zero-order valence-corrected chi connectivity index (χ0v) is 23.4. The molecular weight excluding hydrogens is 532 g/mol. The van der Waals surface area contributed by atoms with Crippen molar-refractivity contribution in [1.29, 1.82) is 0 Å². The number of hydrogen-bond donors (Lipinski definition) is 0. The van der Waals surface area contributed by atoms with Crippen LogP contribution in [0.5, 0.6) is 11.5 Å². The summed E-state index contributed by atoms with van der Waals surface area (Å²) in [7, 11) is -2.48. The van der Waals surface area contributed by atoms with Crippen LogP contribution in [-0.2, 0) is 14.8 Å². The summed E-state index contributed by atoms with van der Waals surface area (Å²) in [6.45, 7) is 6.58. The smallest absolute Gasteiger partial charge is 0.284 e. The Hall–Kier alpha value is -2.75. The van der Waals surface area contributed by atoms with Crippen LogP contribution >= 0.6 is 23.4 Å². The van der Waals surface area contributed by atoms with Crippen molar-refractivity contribution in [2.24, 2.45) is 4.40 Å². The maximum absolute atomic E-state index is 13.1. The Morgan fingerprint density at radius 1 is 1.08 bits per heavy atom. The van der Waals surface area contributed by atoms with E-state index in [2.05, 4.69) is 17.9 Å². The minimum Gasteiger partial charge on any atom is -0.493 e. The number of sulfonamides is 1. The fourth-order valence-electron chi connectivity index (χ4n) is 3.56. The Kier molecular flexibility index (Phi) is 10.7. The molecule has 0 atom stereocenters. The summed E-state index contributed by atoms with van der Waals surface area (Å²) in [6, 6.07) is 11.1. The number of benzene rings is 2. The number of ether oxygens (including phenoxy) is 2. The van der Waals surface area contributed by atoms with E-state index in [0.29, 0.717) is 33.6 Å². The van der Waals surface area contributed by atoms with E-state index in [1.54, 1.807) is 19.3 Å². The van der Waals surface area contributed by atoms with Crippen molar-refractivity contribution in [2.75, 3.05) is 20.3 Å². The Morgan fingerprint density at radius 3 is 2.49 bits per heavy atom. The van der Waals surface area contributed by atoms with Crippen LogP contribution in [0.25, 0.3) is 6.08 Å². The molecule has 2 aromatic carbocycles. The van der Waals surface area contributed by atoms with Crippen molar-refractivity contribution in [3.8, 4) is 11.5 Å². The van der Waals surface area contributed by atoms with Crippen LogP contribution in [0.1, 0.15) is 44.6 Å². The lowest BCUT2D eigenvalue weighted by Crippen LogP contribution is -2.29. The number of amidine groups is 1. The minimum absolute atomic E-state index is 0.0147. The summed E-state index contributed by atoms with van der Waals surface area (Å²) in [4.78, 5) is 14.7. The lowest BCUT2D eigenvalue weighted by atomic mass is 10.1. The monoisotopic (exact) mass is 562 g/mol. The number of unbranched alkanes of at least 4 members (excludes halogenated alkanes) is 4. The molecule has 1 saturated heterocycles. The first kappa shape index (κ1) is 28.8. The van der Waals surface area contributed by atoms with Gasteiger partial charge < -0.3 is 9.47 Å². The van der Waals surface area contributed by atoms with Crippen LogP contribution in [0.15, 0.2) is 69.3 Å². The summed E-state index contributed by atoms with van der Waals surface area (Å²) >= 11 is 6.86. The highest BCUT2D eigenvalue weighted by Gasteiger charge is 2.34. The van der Waals surface area contributed by atoms with Gasteiger partial charge in [-0.15, -0.1) is 11.0 Å². The number of carbonyl (C=O) groups is 1. The van der Waals surface area contributed by atoms with Crippen molar-refractivity contribution in [2.45, 2.75) is 43.9 Å². The predicted octanol–water partition coefficient (Wildman–Crippen LogP) is 6.55. The van der Waals surface area contributed by atoms with E-state index in [4.69, 9.17) is 21.1 Å². The van der Waals surface area contributed by atoms with Crippen LogP contribution in [0, 0.1) is 0 Å².